The Morgan fingerprint density at radius 2 is 1.79 bits per heavy atom. The maximum atomic E-state index is 12.5. The predicted octanol–water partition coefficient (Wildman–Crippen LogP) is 3.26. The summed E-state index contributed by atoms with van der Waals surface area (Å²) in [5.41, 5.74) is 3.63. The number of carbonyl (C=O) groups excluding carboxylic acids is 1. The van der Waals surface area contributed by atoms with Gasteiger partial charge in [-0.2, -0.15) is 5.10 Å². The van der Waals surface area contributed by atoms with E-state index in [4.69, 9.17) is 0 Å². The molecular formula is C16H20N2O. The third kappa shape index (κ3) is 2.75. The molecule has 0 saturated heterocycles. The van der Waals surface area contributed by atoms with Crippen molar-refractivity contribution in [3.63, 3.8) is 0 Å². The SMILES string of the molecule is CCc1ccc(C(=O)c2cc(CC)nn2CC)cc1. The van der Waals surface area contributed by atoms with Gasteiger partial charge in [0.25, 0.3) is 0 Å². The summed E-state index contributed by atoms with van der Waals surface area (Å²) in [4.78, 5) is 12.5. The number of aromatic nitrogens is 2. The van der Waals surface area contributed by atoms with Crippen molar-refractivity contribution in [2.24, 2.45) is 0 Å². The zero-order valence-electron chi connectivity index (χ0n) is 11.8. The van der Waals surface area contributed by atoms with E-state index in [1.807, 2.05) is 44.2 Å². The molecule has 2 rings (SSSR count). The van der Waals surface area contributed by atoms with Crippen molar-refractivity contribution in [1.82, 2.24) is 9.78 Å². The molecule has 0 saturated carbocycles. The first-order valence-electron chi connectivity index (χ1n) is 6.89. The molecule has 19 heavy (non-hydrogen) atoms. The second-order valence-corrected chi connectivity index (χ2v) is 4.57. The van der Waals surface area contributed by atoms with Gasteiger partial charge >= 0.3 is 0 Å². The molecule has 0 aliphatic carbocycles. The molecule has 3 nitrogen and oxygen atoms in total. The molecule has 0 aliphatic heterocycles. The molecule has 100 valence electrons. The number of hydrogen-bond donors (Lipinski definition) is 0. The van der Waals surface area contributed by atoms with Gasteiger partial charge in [0.05, 0.1) is 5.69 Å². The van der Waals surface area contributed by atoms with E-state index in [2.05, 4.69) is 12.0 Å². The Hall–Kier alpha value is -1.90. The zero-order chi connectivity index (χ0) is 13.8. The van der Waals surface area contributed by atoms with E-state index in [0.717, 1.165) is 24.1 Å². The highest BCUT2D eigenvalue weighted by molar-refractivity contribution is 6.07. The van der Waals surface area contributed by atoms with E-state index in [1.165, 1.54) is 5.56 Å². The average Bonchev–Trinajstić information content (AvgIpc) is 2.90. The lowest BCUT2D eigenvalue weighted by molar-refractivity contribution is 0.102. The largest absolute Gasteiger partial charge is 0.287 e. The Kier molecular flexibility index (Phi) is 4.15. The number of rotatable bonds is 5. The molecule has 0 bridgehead atoms. The van der Waals surface area contributed by atoms with E-state index in [0.29, 0.717) is 12.2 Å². The summed E-state index contributed by atoms with van der Waals surface area (Å²) in [6.45, 7) is 6.88. The summed E-state index contributed by atoms with van der Waals surface area (Å²) in [6, 6.07) is 9.74. The molecule has 0 atom stereocenters. The fourth-order valence-electron chi connectivity index (χ4n) is 2.11. The second kappa shape index (κ2) is 5.83. The van der Waals surface area contributed by atoms with Crippen LogP contribution in [0.2, 0.25) is 0 Å². The van der Waals surface area contributed by atoms with Crippen LogP contribution in [-0.4, -0.2) is 15.6 Å². The Labute approximate surface area is 114 Å². The van der Waals surface area contributed by atoms with E-state index in [1.54, 1.807) is 4.68 Å². The number of ketones is 1. The lowest BCUT2D eigenvalue weighted by Crippen LogP contribution is -2.10. The van der Waals surface area contributed by atoms with Crippen LogP contribution in [0.3, 0.4) is 0 Å². The zero-order valence-corrected chi connectivity index (χ0v) is 11.8. The van der Waals surface area contributed by atoms with Gasteiger partial charge < -0.3 is 0 Å². The fraction of sp³-hybridized carbons (Fsp3) is 0.375. The smallest absolute Gasteiger partial charge is 0.211 e. The first kappa shape index (κ1) is 13.5. The normalized spacial score (nSPS) is 10.7. The summed E-state index contributed by atoms with van der Waals surface area (Å²) >= 11 is 0. The van der Waals surface area contributed by atoms with Crippen molar-refractivity contribution >= 4 is 5.78 Å². The van der Waals surface area contributed by atoms with Crippen LogP contribution in [0, 0.1) is 0 Å². The number of aryl methyl sites for hydroxylation is 3. The molecular weight excluding hydrogens is 236 g/mol. The van der Waals surface area contributed by atoms with Crippen LogP contribution in [0.25, 0.3) is 0 Å². The molecule has 0 spiro atoms. The van der Waals surface area contributed by atoms with Gasteiger partial charge in [0.2, 0.25) is 5.78 Å². The fourth-order valence-corrected chi connectivity index (χ4v) is 2.11. The van der Waals surface area contributed by atoms with Crippen LogP contribution in [0.5, 0.6) is 0 Å². The van der Waals surface area contributed by atoms with Crippen LogP contribution in [-0.2, 0) is 19.4 Å². The first-order chi connectivity index (χ1) is 9.19. The van der Waals surface area contributed by atoms with Crippen molar-refractivity contribution in [2.75, 3.05) is 0 Å². The van der Waals surface area contributed by atoms with Gasteiger partial charge in [-0.05, 0) is 31.4 Å². The van der Waals surface area contributed by atoms with Crippen LogP contribution in [0.1, 0.15) is 48.1 Å². The predicted molar refractivity (Wildman–Crippen MR) is 76.5 cm³/mol. The van der Waals surface area contributed by atoms with Crippen molar-refractivity contribution in [3.05, 3.63) is 52.8 Å². The summed E-state index contributed by atoms with van der Waals surface area (Å²) in [5.74, 6) is 0.0525. The maximum Gasteiger partial charge on any atom is 0.211 e. The number of carbonyl (C=O) groups is 1. The van der Waals surface area contributed by atoms with E-state index in [9.17, 15) is 4.79 Å². The van der Waals surface area contributed by atoms with Crippen LogP contribution < -0.4 is 0 Å². The van der Waals surface area contributed by atoms with Gasteiger partial charge in [0.15, 0.2) is 0 Å². The van der Waals surface area contributed by atoms with Crippen LogP contribution >= 0.6 is 0 Å². The Balaban J connectivity index is 2.34. The van der Waals surface area contributed by atoms with Crippen molar-refractivity contribution < 1.29 is 4.79 Å². The molecule has 0 amide bonds. The minimum atomic E-state index is 0.0525. The molecule has 1 aromatic heterocycles. The lowest BCUT2D eigenvalue weighted by Gasteiger charge is -2.04. The second-order valence-electron chi connectivity index (χ2n) is 4.57. The van der Waals surface area contributed by atoms with Gasteiger partial charge in [-0.1, -0.05) is 38.1 Å². The van der Waals surface area contributed by atoms with Crippen molar-refractivity contribution in [3.8, 4) is 0 Å². The Morgan fingerprint density at radius 1 is 1.11 bits per heavy atom. The Bertz CT molecular complexity index is 567. The minimum absolute atomic E-state index is 0.0525. The minimum Gasteiger partial charge on any atom is -0.287 e. The van der Waals surface area contributed by atoms with Crippen LogP contribution in [0.15, 0.2) is 30.3 Å². The monoisotopic (exact) mass is 256 g/mol. The standard InChI is InChI=1S/C16H20N2O/c1-4-12-7-9-13(10-8-12)16(19)15-11-14(5-2)17-18(15)6-3/h7-11H,4-6H2,1-3H3. The van der Waals surface area contributed by atoms with Crippen LogP contribution in [0.4, 0.5) is 0 Å². The molecule has 0 unspecified atom stereocenters. The molecule has 0 fully saturated rings. The van der Waals surface area contributed by atoms with Gasteiger partial charge in [-0.15, -0.1) is 0 Å². The van der Waals surface area contributed by atoms with E-state index >= 15 is 0 Å². The van der Waals surface area contributed by atoms with Gasteiger partial charge in [-0.3, -0.25) is 9.48 Å². The third-order valence-corrected chi connectivity index (χ3v) is 3.35. The molecule has 0 aliphatic rings. The summed E-state index contributed by atoms with van der Waals surface area (Å²) < 4.78 is 1.79. The summed E-state index contributed by atoms with van der Waals surface area (Å²) in [5, 5.41) is 4.42. The highest BCUT2D eigenvalue weighted by Gasteiger charge is 2.15. The Morgan fingerprint density at radius 3 is 2.32 bits per heavy atom. The molecule has 2 aromatic rings. The quantitative estimate of drug-likeness (QED) is 0.770. The molecule has 3 heteroatoms. The topological polar surface area (TPSA) is 34.9 Å². The van der Waals surface area contributed by atoms with Gasteiger partial charge in [-0.25, -0.2) is 0 Å². The highest BCUT2D eigenvalue weighted by atomic mass is 16.1. The molecule has 0 N–H and O–H groups in total. The molecule has 1 heterocycles. The lowest BCUT2D eigenvalue weighted by atomic mass is 10.0. The number of nitrogens with zero attached hydrogens (tertiary/aromatic N) is 2. The summed E-state index contributed by atoms with van der Waals surface area (Å²) in [7, 11) is 0. The van der Waals surface area contributed by atoms with E-state index in [-0.39, 0.29) is 5.78 Å². The number of hydrogen-bond acceptors (Lipinski definition) is 2. The third-order valence-electron chi connectivity index (χ3n) is 3.35. The van der Waals surface area contributed by atoms with Crippen molar-refractivity contribution in [2.45, 2.75) is 40.2 Å². The van der Waals surface area contributed by atoms with Gasteiger partial charge in [0, 0.05) is 12.1 Å². The number of benzene rings is 1. The maximum absolute atomic E-state index is 12.5. The molecule has 0 radical (unpaired) electrons. The highest BCUT2D eigenvalue weighted by Crippen LogP contribution is 2.13. The molecule has 1 aromatic carbocycles. The van der Waals surface area contributed by atoms with Crippen molar-refractivity contribution in [1.29, 1.82) is 0 Å². The summed E-state index contributed by atoms with van der Waals surface area (Å²) in [6.07, 6.45) is 1.84. The average molecular weight is 256 g/mol. The van der Waals surface area contributed by atoms with E-state index < -0.39 is 0 Å². The first-order valence-corrected chi connectivity index (χ1v) is 6.89. The van der Waals surface area contributed by atoms with Gasteiger partial charge in [0.1, 0.15) is 5.69 Å².